The zero-order valence-corrected chi connectivity index (χ0v) is 9.30. The van der Waals surface area contributed by atoms with E-state index in [1.807, 2.05) is 0 Å². The fourth-order valence-electron chi connectivity index (χ4n) is 0.344. The molecule has 0 unspecified atom stereocenters. The molecule has 4 nitrogen and oxygen atoms in total. The molecule has 0 atom stereocenters. The maximum atomic E-state index is 8.74. The molecule has 0 aromatic rings. The minimum atomic E-state index is -4.67. The molecule has 0 aliphatic rings. The van der Waals surface area contributed by atoms with Crippen LogP contribution in [0.4, 0.5) is 0 Å². The normalized spacial score (nSPS) is 10.2. The van der Waals surface area contributed by atoms with Crippen LogP contribution >= 0.6 is 22.6 Å². The third kappa shape index (κ3) is 60.5. The van der Waals surface area contributed by atoms with Gasteiger partial charge < -0.3 is 0 Å². The van der Waals surface area contributed by atoms with E-state index in [-0.39, 0.29) is 0 Å². The Morgan fingerprint density at radius 2 is 1.64 bits per heavy atom. The van der Waals surface area contributed by atoms with Gasteiger partial charge in [0.05, 0.1) is 0 Å². The van der Waals surface area contributed by atoms with Gasteiger partial charge in [-0.05, 0) is 10.8 Å². The molecule has 0 heterocycles. The van der Waals surface area contributed by atoms with E-state index in [4.69, 9.17) is 17.5 Å². The molecule has 0 rings (SSSR count). The topological polar surface area (TPSA) is 74.6 Å². The second-order valence-electron chi connectivity index (χ2n) is 1.84. The first-order valence-electron chi connectivity index (χ1n) is 3.17. The number of hydrogen-bond acceptors (Lipinski definition) is 2. The lowest BCUT2D eigenvalue weighted by molar-refractivity contribution is 0.381. The van der Waals surface area contributed by atoms with Gasteiger partial charge >= 0.3 is 10.4 Å². The summed E-state index contributed by atoms with van der Waals surface area (Å²) in [4.78, 5) is 0. The molecule has 0 saturated heterocycles. The van der Waals surface area contributed by atoms with Crippen molar-refractivity contribution in [2.45, 2.75) is 26.2 Å². The molecular formula is C5H13IO4S. The van der Waals surface area contributed by atoms with Crippen LogP contribution in [0.25, 0.3) is 0 Å². The third-order valence-electron chi connectivity index (χ3n) is 0.737. The number of halogens is 1. The van der Waals surface area contributed by atoms with Gasteiger partial charge in [-0.3, -0.25) is 9.11 Å². The summed E-state index contributed by atoms with van der Waals surface area (Å²) in [6.07, 6.45) is 4.16. The summed E-state index contributed by atoms with van der Waals surface area (Å²) in [5.74, 6) is 0. The van der Waals surface area contributed by atoms with Gasteiger partial charge in [-0.2, -0.15) is 8.42 Å². The highest BCUT2D eigenvalue weighted by molar-refractivity contribution is 14.1. The van der Waals surface area contributed by atoms with Crippen LogP contribution in [0.1, 0.15) is 26.2 Å². The molecule has 0 fully saturated rings. The van der Waals surface area contributed by atoms with Crippen molar-refractivity contribution in [3.05, 3.63) is 0 Å². The molecule has 70 valence electrons. The Kier molecular flexibility index (Phi) is 11.2. The first kappa shape index (κ1) is 14.1. The molecule has 0 saturated carbocycles. The molecule has 2 N–H and O–H groups in total. The Hall–Kier alpha value is 0.600. The highest BCUT2D eigenvalue weighted by atomic mass is 127. The molecule has 11 heavy (non-hydrogen) atoms. The average molecular weight is 296 g/mol. The summed E-state index contributed by atoms with van der Waals surface area (Å²) in [6, 6.07) is 0. The second kappa shape index (κ2) is 8.69. The van der Waals surface area contributed by atoms with E-state index in [1.165, 1.54) is 23.7 Å². The van der Waals surface area contributed by atoms with Crippen molar-refractivity contribution in [3.63, 3.8) is 0 Å². The van der Waals surface area contributed by atoms with Gasteiger partial charge in [0, 0.05) is 0 Å². The predicted molar refractivity (Wildman–Crippen MR) is 52.6 cm³/mol. The van der Waals surface area contributed by atoms with Crippen molar-refractivity contribution in [3.8, 4) is 0 Å². The molecule has 0 amide bonds. The standard InChI is InChI=1S/C5H11I.H2O4S/c1-2-3-4-5-6;1-5(2,3)4/h2-5H2,1H3;(H2,1,2,3,4). The van der Waals surface area contributed by atoms with Gasteiger partial charge in [0.1, 0.15) is 0 Å². The SMILES string of the molecule is CCCCCI.O=S(=O)(O)O. The second-order valence-corrected chi connectivity index (χ2v) is 3.82. The van der Waals surface area contributed by atoms with Gasteiger partial charge in [-0.15, -0.1) is 0 Å². The van der Waals surface area contributed by atoms with Gasteiger partial charge in [0.25, 0.3) is 0 Å². The van der Waals surface area contributed by atoms with Crippen LogP contribution in [0.3, 0.4) is 0 Å². The zero-order chi connectivity index (χ0) is 9.33. The highest BCUT2D eigenvalue weighted by Crippen LogP contribution is 1.96. The molecule has 0 aliphatic heterocycles. The monoisotopic (exact) mass is 296 g/mol. The summed E-state index contributed by atoms with van der Waals surface area (Å²) >= 11 is 2.41. The molecule has 0 aliphatic carbocycles. The maximum absolute atomic E-state index is 8.74. The number of unbranched alkanes of at least 4 members (excludes halogenated alkanes) is 2. The molecule has 0 spiro atoms. The lowest BCUT2D eigenvalue weighted by Gasteiger charge is -1.85. The van der Waals surface area contributed by atoms with Crippen molar-refractivity contribution in [1.29, 1.82) is 0 Å². The van der Waals surface area contributed by atoms with Crippen LogP contribution in [-0.2, 0) is 10.4 Å². The Morgan fingerprint density at radius 1 is 1.27 bits per heavy atom. The summed E-state index contributed by atoms with van der Waals surface area (Å²) in [7, 11) is -4.67. The Bertz CT molecular complexity index is 142. The first-order valence-corrected chi connectivity index (χ1v) is 6.10. The van der Waals surface area contributed by atoms with E-state index < -0.39 is 10.4 Å². The lowest BCUT2D eigenvalue weighted by Crippen LogP contribution is -1.89. The summed E-state index contributed by atoms with van der Waals surface area (Å²) < 4.78 is 32.9. The van der Waals surface area contributed by atoms with E-state index in [2.05, 4.69) is 29.5 Å². The first-order chi connectivity index (χ1) is 4.91. The van der Waals surface area contributed by atoms with Crippen LogP contribution in [0, 0.1) is 0 Å². The fourth-order valence-corrected chi connectivity index (χ4v) is 0.884. The summed E-state index contributed by atoms with van der Waals surface area (Å²) in [6.45, 7) is 2.23. The van der Waals surface area contributed by atoms with E-state index in [0.29, 0.717) is 0 Å². The largest absolute Gasteiger partial charge is 0.394 e. The lowest BCUT2D eigenvalue weighted by atomic mass is 10.3. The van der Waals surface area contributed by atoms with Crippen LogP contribution in [0.15, 0.2) is 0 Å². The van der Waals surface area contributed by atoms with Crippen LogP contribution in [0.2, 0.25) is 0 Å². The summed E-state index contributed by atoms with van der Waals surface area (Å²) in [5, 5.41) is 0. The van der Waals surface area contributed by atoms with E-state index in [0.717, 1.165) is 0 Å². The highest BCUT2D eigenvalue weighted by Gasteiger charge is 1.84. The van der Waals surface area contributed by atoms with Crippen molar-refractivity contribution >= 4 is 33.0 Å². The average Bonchev–Trinajstić information content (AvgIpc) is 1.79. The fraction of sp³-hybridized carbons (Fsp3) is 1.00. The number of alkyl halides is 1. The van der Waals surface area contributed by atoms with Crippen molar-refractivity contribution < 1.29 is 17.5 Å². The van der Waals surface area contributed by atoms with Gasteiger partial charge in [-0.25, -0.2) is 0 Å². The molecule has 0 radical (unpaired) electrons. The smallest absolute Gasteiger partial charge is 0.264 e. The molecule has 6 heteroatoms. The van der Waals surface area contributed by atoms with E-state index in [1.54, 1.807) is 0 Å². The van der Waals surface area contributed by atoms with Crippen LogP contribution in [0.5, 0.6) is 0 Å². The predicted octanol–water partition coefficient (Wildman–Crippen LogP) is 1.96. The van der Waals surface area contributed by atoms with Gasteiger partial charge in [-0.1, -0.05) is 42.4 Å². The van der Waals surface area contributed by atoms with Crippen LogP contribution < -0.4 is 0 Å². The Morgan fingerprint density at radius 3 is 1.73 bits per heavy atom. The van der Waals surface area contributed by atoms with E-state index in [9.17, 15) is 0 Å². The van der Waals surface area contributed by atoms with Gasteiger partial charge in [0.2, 0.25) is 0 Å². The number of rotatable bonds is 3. The van der Waals surface area contributed by atoms with E-state index >= 15 is 0 Å². The Balaban J connectivity index is 0. The zero-order valence-electron chi connectivity index (χ0n) is 6.33. The summed E-state index contributed by atoms with van der Waals surface area (Å²) in [5.41, 5.74) is 0. The third-order valence-corrected chi connectivity index (χ3v) is 1.50. The molecule has 0 bridgehead atoms. The Labute approximate surface area is 81.1 Å². The minimum Gasteiger partial charge on any atom is -0.264 e. The van der Waals surface area contributed by atoms with Crippen molar-refractivity contribution in [2.75, 3.05) is 4.43 Å². The van der Waals surface area contributed by atoms with Gasteiger partial charge in [0.15, 0.2) is 0 Å². The minimum absolute atomic E-state index is 1.32. The molecule has 0 aromatic carbocycles. The molecular weight excluding hydrogens is 283 g/mol. The van der Waals surface area contributed by atoms with Crippen LogP contribution in [-0.4, -0.2) is 22.0 Å². The van der Waals surface area contributed by atoms with Crippen molar-refractivity contribution in [1.82, 2.24) is 0 Å². The quantitative estimate of drug-likeness (QED) is 0.361. The number of hydrogen-bond donors (Lipinski definition) is 2. The molecule has 0 aromatic heterocycles. The maximum Gasteiger partial charge on any atom is 0.394 e. The van der Waals surface area contributed by atoms with Crippen molar-refractivity contribution in [2.24, 2.45) is 0 Å².